The molecule has 20 heavy (non-hydrogen) atoms. The molecule has 0 aliphatic carbocycles. The SMILES string of the molecule is CC(C)COC(=O)NC1CCN(c2nc(Br)ns2)CC1. The van der Waals surface area contributed by atoms with Gasteiger partial charge in [-0.1, -0.05) is 13.8 Å². The summed E-state index contributed by atoms with van der Waals surface area (Å²) >= 11 is 4.65. The van der Waals surface area contributed by atoms with Crippen molar-refractivity contribution in [3.63, 3.8) is 0 Å². The summed E-state index contributed by atoms with van der Waals surface area (Å²) in [6.07, 6.45) is 1.48. The average Bonchev–Trinajstić information content (AvgIpc) is 2.84. The van der Waals surface area contributed by atoms with E-state index in [1.54, 1.807) is 0 Å². The van der Waals surface area contributed by atoms with Crippen LogP contribution in [-0.4, -0.2) is 41.2 Å². The van der Waals surface area contributed by atoms with E-state index in [0.29, 0.717) is 17.3 Å². The smallest absolute Gasteiger partial charge is 0.407 e. The van der Waals surface area contributed by atoms with E-state index < -0.39 is 0 Å². The number of amides is 1. The lowest BCUT2D eigenvalue weighted by molar-refractivity contribution is 0.128. The maximum atomic E-state index is 11.6. The molecule has 2 rings (SSSR count). The number of nitrogens with zero attached hydrogens (tertiary/aromatic N) is 3. The first-order chi connectivity index (χ1) is 9.54. The van der Waals surface area contributed by atoms with E-state index in [-0.39, 0.29) is 12.1 Å². The van der Waals surface area contributed by atoms with Gasteiger partial charge in [0, 0.05) is 30.7 Å². The van der Waals surface area contributed by atoms with Crippen LogP contribution in [0.25, 0.3) is 0 Å². The molecule has 1 aliphatic rings. The molecule has 1 aliphatic heterocycles. The minimum absolute atomic E-state index is 0.183. The molecule has 112 valence electrons. The third-order valence-electron chi connectivity index (χ3n) is 3.03. The van der Waals surface area contributed by atoms with E-state index in [9.17, 15) is 4.79 Å². The predicted molar refractivity (Wildman–Crippen MR) is 82.2 cm³/mol. The number of anilines is 1. The number of piperidine rings is 1. The fourth-order valence-corrected chi connectivity index (χ4v) is 3.12. The van der Waals surface area contributed by atoms with Crippen molar-refractivity contribution in [1.82, 2.24) is 14.7 Å². The third kappa shape index (κ3) is 4.59. The summed E-state index contributed by atoms with van der Waals surface area (Å²) in [5.74, 6) is 0.360. The maximum Gasteiger partial charge on any atom is 0.407 e. The van der Waals surface area contributed by atoms with Crippen molar-refractivity contribution in [2.24, 2.45) is 5.92 Å². The van der Waals surface area contributed by atoms with Crippen LogP contribution in [0.5, 0.6) is 0 Å². The van der Waals surface area contributed by atoms with Crippen LogP contribution in [0, 0.1) is 5.92 Å². The molecule has 0 radical (unpaired) electrons. The Hall–Kier alpha value is -0.890. The zero-order valence-corrected chi connectivity index (χ0v) is 14.0. The van der Waals surface area contributed by atoms with Crippen molar-refractivity contribution in [1.29, 1.82) is 0 Å². The topological polar surface area (TPSA) is 67.3 Å². The van der Waals surface area contributed by atoms with Crippen molar-refractivity contribution < 1.29 is 9.53 Å². The van der Waals surface area contributed by atoms with E-state index in [4.69, 9.17) is 4.74 Å². The first-order valence-corrected chi connectivity index (χ1v) is 8.28. The molecule has 1 N–H and O–H groups in total. The van der Waals surface area contributed by atoms with E-state index in [2.05, 4.69) is 35.5 Å². The zero-order chi connectivity index (χ0) is 14.5. The summed E-state index contributed by atoms with van der Waals surface area (Å²) in [6.45, 7) is 6.24. The molecule has 1 aromatic heterocycles. The highest BCUT2D eigenvalue weighted by Crippen LogP contribution is 2.23. The molecular formula is C12H19BrN4O2S. The second kappa shape index (κ2) is 7.21. The Morgan fingerprint density at radius 3 is 2.80 bits per heavy atom. The Morgan fingerprint density at radius 2 is 2.25 bits per heavy atom. The zero-order valence-electron chi connectivity index (χ0n) is 11.6. The summed E-state index contributed by atoms with van der Waals surface area (Å²) in [7, 11) is 0. The summed E-state index contributed by atoms with van der Waals surface area (Å²) < 4.78 is 9.88. The van der Waals surface area contributed by atoms with Crippen molar-refractivity contribution in [3.05, 3.63) is 4.73 Å². The number of hydrogen-bond donors (Lipinski definition) is 1. The van der Waals surface area contributed by atoms with Crippen LogP contribution in [0.1, 0.15) is 26.7 Å². The molecule has 8 heteroatoms. The molecule has 0 atom stereocenters. The molecular weight excluding hydrogens is 344 g/mol. The summed E-state index contributed by atoms with van der Waals surface area (Å²) in [5, 5.41) is 3.85. The van der Waals surface area contributed by atoms with Crippen molar-refractivity contribution in [3.8, 4) is 0 Å². The van der Waals surface area contributed by atoms with E-state index in [1.807, 2.05) is 13.8 Å². The van der Waals surface area contributed by atoms with Crippen LogP contribution in [-0.2, 0) is 4.74 Å². The lowest BCUT2D eigenvalue weighted by atomic mass is 10.1. The fraction of sp³-hybridized carbons (Fsp3) is 0.750. The second-order valence-electron chi connectivity index (χ2n) is 5.24. The quantitative estimate of drug-likeness (QED) is 0.891. The molecule has 1 fully saturated rings. The van der Waals surface area contributed by atoms with Gasteiger partial charge in [0.15, 0.2) is 0 Å². The van der Waals surface area contributed by atoms with Gasteiger partial charge in [-0.15, -0.1) is 0 Å². The minimum Gasteiger partial charge on any atom is -0.449 e. The average molecular weight is 363 g/mol. The van der Waals surface area contributed by atoms with Gasteiger partial charge in [0.1, 0.15) is 0 Å². The lowest BCUT2D eigenvalue weighted by Gasteiger charge is -2.31. The van der Waals surface area contributed by atoms with Crippen LogP contribution in [0.3, 0.4) is 0 Å². The largest absolute Gasteiger partial charge is 0.449 e. The van der Waals surface area contributed by atoms with Gasteiger partial charge in [-0.3, -0.25) is 0 Å². The Balaban J connectivity index is 1.73. The molecule has 0 spiro atoms. The molecule has 0 unspecified atom stereocenters. The van der Waals surface area contributed by atoms with Gasteiger partial charge < -0.3 is 15.0 Å². The van der Waals surface area contributed by atoms with Gasteiger partial charge in [-0.2, -0.15) is 9.36 Å². The molecule has 2 heterocycles. The van der Waals surface area contributed by atoms with Crippen LogP contribution in [0.2, 0.25) is 0 Å². The van der Waals surface area contributed by atoms with Gasteiger partial charge >= 0.3 is 6.09 Å². The molecule has 0 bridgehead atoms. The Labute approximate surface area is 131 Å². The van der Waals surface area contributed by atoms with Crippen molar-refractivity contribution in [2.45, 2.75) is 32.7 Å². The molecule has 1 aromatic rings. The predicted octanol–water partition coefficient (Wildman–Crippen LogP) is 2.65. The van der Waals surface area contributed by atoms with Gasteiger partial charge in [0.2, 0.25) is 9.87 Å². The number of alkyl carbamates (subject to hydrolysis) is 1. The van der Waals surface area contributed by atoms with Crippen molar-refractivity contribution >= 4 is 38.7 Å². The Bertz CT molecular complexity index is 446. The number of rotatable bonds is 4. The standard InChI is InChI=1S/C12H19BrN4O2S/c1-8(2)7-19-12(18)14-9-3-5-17(6-4-9)11-15-10(13)16-20-11/h8-9H,3-7H2,1-2H3,(H,14,18). The summed E-state index contributed by atoms with van der Waals surface area (Å²) in [6, 6.07) is 0.183. The first-order valence-electron chi connectivity index (χ1n) is 6.72. The fourth-order valence-electron chi connectivity index (χ4n) is 1.99. The lowest BCUT2D eigenvalue weighted by Crippen LogP contribution is -2.45. The molecule has 1 amide bonds. The number of carbonyl (C=O) groups is 1. The highest BCUT2D eigenvalue weighted by atomic mass is 79.9. The molecule has 1 saturated heterocycles. The van der Waals surface area contributed by atoms with E-state index in [0.717, 1.165) is 31.1 Å². The molecule has 0 saturated carbocycles. The molecule has 0 aromatic carbocycles. The second-order valence-corrected chi connectivity index (χ2v) is 6.68. The maximum absolute atomic E-state index is 11.6. The highest BCUT2D eigenvalue weighted by molar-refractivity contribution is 9.10. The summed E-state index contributed by atoms with van der Waals surface area (Å²) in [5.41, 5.74) is 0. The van der Waals surface area contributed by atoms with Crippen LogP contribution >= 0.6 is 27.5 Å². The summed E-state index contributed by atoms with van der Waals surface area (Å²) in [4.78, 5) is 18.1. The number of hydrogen-bond acceptors (Lipinski definition) is 6. The van der Waals surface area contributed by atoms with Gasteiger partial charge in [-0.25, -0.2) is 4.79 Å². The third-order valence-corrected chi connectivity index (χ3v) is 4.39. The molecule has 6 nitrogen and oxygen atoms in total. The van der Waals surface area contributed by atoms with Gasteiger partial charge in [0.05, 0.1) is 6.61 Å². The van der Waals surface area contributed by atoms with Crippen LogP contribution < -0.4 is 10.2 Å². The van der Waals surface area contributed by atoms with E-state index in [1.165, 1.54) is 11.5 Å². The van der Waals surface area contributed by atoms with Gasteiger partial charge in [0.25, 0.3) is 0 Å². The monoisotopic (exact) mass is 362 g/mol. The number of carbonyl (C=O) groups excluding carboxylic acids is 1. The van der Waals surface area contributed by atoms with E-state index >= 15 is 0 Å². The Kier molecular flexibility index (Phi) is 5.59. The number of ether oxygens (including phenoxy) is 1. The van der Waals surface area contributed by atoms with Crippen LogP contribution in [0.15, 0.2) is 4.73 Å². The highest BCUT2D eigenvalue weighted by Gasteiger charge is 2.23. The minimum atomic E-state index is -0.309. The van der Waals surface area contributed by atoms with Gasteiger partial charge in [-0.05, 0) is 34.7 Å². The number of aromatic nitrogens is 2. The normalized spacial score (nSPS) is 16.5. The number of nitrogens with one attached hydrogen (secondary N) is 1. The Morgan fingerprint density at radius 1 is 1.55 bits per heavy atom. The van der Waals surface area contributed by atoms with Crippen molar-refractivity contribution in [2.75, 3.05) is 24.6 Å². The van der Waals surface area contributed by atoms with Crippen LogP contribution in [0.4, 0.5) is 9.93 Å². The first kappa shape index (κ1) is 15.5. The number of halogens is 1.